The first-order valence-electron chi connectivity index (χ1n) is 7.04. The molecule has 0 saturated heterocycles. The summed E-state index contributed by atoms with van der Waals surface area (Å²) in [5.74, 6) is 0.409. The van der Waals surface area contributed by atoms with Crippen LogP contribution in [0.25, 0.3) is 0 Å². The molecule has 1 saturated carbocycles. The van der Waals surface area contributed by atoms with Gasteiger partial charge in [0.15, 0.2) is 11.6 Å². The molecule has 0 unspecified atom stereocenters. The Kier molecular flexibility index (Phi) is 3.66. The van der Waals surface area contributed by atoms with Gasteiger partial charge in [-0.05, 0) is 38.0 Å². The normalized spacial score (nSPS) is 13.7. The molecule has 5 nitrogen and oxygen atoms in total. The van der Waals surface area contributed by atoms with Crippen LogP contribution in [0.3, 0.4) is 0 Å². The first-order valence-corrected chi connectivity index (χ1v) is 7.04. The van der Waals surface area contributed by atoms with Crippen molar-refractivity contribution in [2.24, 2.45) is 5.92 Å². The number of carbonyl (C=O) groups excluding carboxylic acids is 1. The van der Waals surface area contributed by atoms with Gasteiger partial charge in [-0.2, -0.15) is 0 Å². The fourth-order valence-corrected chi connectivity index (χ4v) is 2.00. The summed E-state index contributed by atoms with van der Waals surface area (Å²) in [6.07, 6.45) is 3.33. The van der Waals surface area contributed by atoms with Crippen molar-refractivity contribution in [3.63, 3.8) is 0 Å². The third-order valence-corrected chi connectivity index (χ3v) is 3.55. The van der Waals surface area contributed by atoms with Gasteiger partial charge in [-0.25, -0.2) is 9.37 Å². The molecule has 1 heterocycles. The van der Waals surface area contributed by atoms with Gasteiger partial charge in [-0.3, -0.25) is 4.79 Å². The molecule has 0 aliphatic heterocycles. The number of hydrogen-bond donors (Lipinski definition) is 2. The number of carbonyl (C=O) groups is 1. The Bertz CT molecular complexity index is 729. The van der Waals surface area contributed by atoms with Crippen molar-refractivity contribution < 1.29 is 13.9 Å². The highest BCUT2D eigenvalue weighted by molar-refractivity contribution is 5.93. The van der Waals surface area contributed by atoms with Gasteiger partial charge in [-0.1, -0.05) is 0 Å². The van der Waals surface area contributed by atoms with Gasteiger partial charge in [0.05, 0.1) is 0 Å². The smallest absolute Gasteiger partial charge is 0.228 e. The summed E-state index contributed by atoms with van der Waals surface area (Å²) in [5, 5.41) is 2.72. The van der Waals surface area contributed by atoms with Gasteiger partial charge in [0, 0.05) is 29.4 Å². The minimum Gasteiger partial charge on any atom is -0.454 e. The Balaban J connectivity index is 1.78. The number of aromatic nitrogens is 1. The molecule has 0 radical (unpaired) electrons. The maximum atomic E-state index is 14.1. The van der Waals surface area contributed by atoms with E-state index >= 15 is 0 Å². The first kappa shape index (κ1) is 14.3. The maximum Gasteiger partial charge on any atom is 0.228 e. The number of anilines is 2. The van der Waals surface area contributed by atoms with Gasteiger partial charge in [0.1, 0.15) is 11.6 Å². The number of rotatable bonds is 4. The number of benzene rings is 1. The highest BCUT2D eigenvalue weighted by Gasteiger charge is 2.29. The molecule has 2 aromatic rings. The molecule has 1 amide bonds. The van der Waals surface area contributed by atoms with Crippen LogP contribution in [0.1, 0.15) is 18.4 Å². The lowest BCUT2D eigenvalue weighted by Gasteiger charge is -2.11. The molecule has 3 N–H and O–H groups in total. The average molecular weight is 301 g/mol. The number of nitrogens with zero attached hydrogens (tertiary/aromatic N) is 1. The molecule has 0 bridgehead atoms. The van der Waals surface area contributed by atoms with E-state index in [1.165, 1.54) is 12.3 Å². The topological polar surface area (TPSA) is 77.2 Å². The number of amides is 1. The fourth-order valence-electron chi connectivity index (χ4n) is 2.00. The van der Waals surface area contributed by atoms with E-state index in [1.54, 1.807) is 25.1 Å². The summed E-state index contributed by atoms with van der Waals surface area (Å²) in [7, 11) is 0. The Morgan fingerprint density at radius 1 is 1.41 bits per heavy atom. The van der Waals surface area contributed by atoms with E-state index in [4.69, 9.17) is 10.5 Å². The van der Waals surface area contributed by atoms with Gasteiger partial charge >= 0.3 is 0 Å². The largest absolute Gasteiger partial charge is 0.454 e. The van der Waals surface area contributed by atoms with Crippen molar-refractivity contribution in [1.82, 2.24) is 4.98 Å². The van der Waals surface area contributed by atoms with Gasteiger partial charge in [0.2, 0.25) is 5.91 Å². The highest BCUT2D eigenvalue weighted by Crippen LogP contribution is 2.31. The molecule has 22 heavy (non-hydrogen) atoms. The lowest BCUT2D eigenvalue weighted by molar-refractivity contribution is -0.117. The second-order valence-corrected chi connectivity index (χ2v) is 5.33. The molecule has 0 spiro atoms. The Hall–Kier alpha value is -2.63. The molecule has 1 aliphatic rings. The van der Waals surface area contributed by atoms with E-state index in [-0.39, 0.29) is 17.6 Å². The number of pyridine rings is 1. The molecule has 0 atom stereocenters. The van der Waals surface area contributed by atoms with Crippen molar-refractivity contribution in [1.29, 1.82) is 0 Å². The van der Waals surface area contributed by atoms with Gasteiger partial charge in [-0.15, -0.1) is 0 Å². The maximum absolute atomic E-state index is 14.1. The molecule has 1 fully saturated rings. The SMILES string of the molecule is Cc1c(N)ccc(Oc2ccnc(NC(=O)C3CC3)c2)c1F. The van der Waals surface area contributed by atoms with Crippen LogP contribution in [0.4, 0.5) is 15.9 Å². The van der Waals surface area contributed by atoms with Crippen LogP contribution in [0.5, 0.6) is 11.5 Å². The van der Waals surface area contributed by atoms with Crippen molar-refractivity contribution in [2.45, 2.75) is 19.8 Å². The standard InChI is InChI=1S/C16H16FN3O2/c1-9-12(18)4-5-13(15(9)17)22-11-6-7-19-14(8-11)20-16(21)10-2-3-10/h4-8,10H,2-3,18H2,1H3,(H,19,20,21). The van der Waals surface area contributed by atoms with E-state index in [0.717, 1.165) is 12.8 Å². The fraction of sp³-hybridized carbons (Fsp3) is 0.250. The number of ether oxygens (including phenoxy) is 1. The quantitative estimate of drug-likeness (QED) is 0.850. The van der Waals surface area contributed by atoms with Crippen molar-refractivity contribution in [2.75, 3.05) is 11.1 Å². The summed E-state index contributed by atoms with van der Waals surface area (Å²) in [6, 6.07) is 6.22. The zero-order valence-corrected chi connectivity index (χ0v) is 12.1. The molecule has 3 rings (SSSR count). The van der Waals surface area contributed by atoms with E-state index < -0.39 is 5.82 Å². The summed E-state index contributed by atoms with van der Waals surface area (Å²) < 4.78 is 19.6. The highest BCUT2D eigenvalue weighted by atomic mass is 19.1. The van der Waals surface area contributed by atoms with Gasteiger partial charge in [0.25, 0.3) is 0 Å². The van der Waals surface area contributed by atoms with Crippen LogP contribution in [0.15, 0.2) is 30.5 Å². The lowest BCUT2D eigenvalue weighted by Crippen LogP contribution is -2.14. The molecule has 6 heteroatoms. The lowest BCUT2D eigenvalue weighted by atomic mass is 10.2. The number of hydrogen-bond acceptors (Lipinski definition) is 4. The second kappa shape index (κ2) is 5.63. The predicted molar refractivity (Wildman–Crippen MR) is 81.2 cm³/mol. The van der Waals surface area contributed by atoms with E-state index in [9.17, 15) is 9.18 Å². The Labute approximate surface area is 127 Å². The van der Waals surface area contributed by atoms with Crippen LogP contribution in [0, 0.1) is 18.7 Å². The molecular weight excluding hydrogens is 285 g/mol. The Morgan fingerprint density at radius 3 is 2.91 bits per heavy atom. The van der Waals surface area contributed by atoms with E-state index in [2.05, 4.69) is 10.3 Å². The van der Waals surface area contributed by atoms with Crippen LogP contribution in [-0.4, -0.2) is 10.9 Å². The zero-order valence-electron chi connectivity index (χ0n) is 12.1. The zero-order chi connectivity index (χ0) is 15.7. The molecule has 1 aliphatic carbocycles. The third-order valence-electron chi connectivity index (χ3n) is 3.55. The first-order chi connectivity index (χ1) is 10.5. The van der Waals surface area contributed by atoms with Crippen LogP contribution >= 0.6 is 0 Å². The third kappa shape index (κ3) is 3.00. The van der Waals surface area contributed by atoms with E-state index in [1.807, 2.05) is 0 Å². The van der Waals surface area contributed by atoms with Crippen molar-refractivity contribution >= 4 is 17.4 Å². The molecule has 1 aromatic heterocycles. The Morgan fingerprint density at radius 2 is 2.18 bits per heavy atom. The van der Waals surface area contributed by atoms with Crippen LogP contribution < -0.4 is 15.8 Å². The molecular formula is C16H16FN3O2. The molecule has 114 valence electrons. The van der Waals surface area contributed by atoms with Crippen molar-refractivity contribution in [3.8, 4) is 11.5 Å². The van der Waals surface area contributed by atoms with Crippen LogP contribution in [-0.2, 0) is 4.79 Å². The van der Waals surface area contributed by atoms with Crippen molar-refractivity contribution in [3.05, 3.63) is 41.8 Å². The predicted octanol–water partition coefficient (Wildman–Crippen LogP) is 3.25. The summed E-state index contributed by atoms with van der Waals surface area (Å²) in [5.41, 5.74) is 6.36. The second-order valence-electron chi connectivity index (χ2n) is 5.33. The number of nitrogens with two attached hydrogens (primary N) is 1. The van der Waals surface area contributed by atoms with E-state index in [0.29, 0.717) is 22.8 Å². The number of halogens is 1. The number of nitrogens with one attached hydrogen (secondary N) is 1. The monoisotopic (exact) mass is 301 g/mol. The van der Waals surface area contributed by atoms with Gasteiger partial charge < -0.3 is 15.8 Å². The summed E-state index contributed by atoms with van der Waals surface area (Å²) >= 11 is 0. The van der Waals surface area contributed by atoms with Crippen LogP contribution in [0.2, 0.25) is 0 Å². The summed E-state index contributed by atoms with van der Waals surface area (Å²) in [6.45, 7) is 1.59. The minimum atomic E-state index is -0.500. The molecule has 1 aromatic carbocycles. The minimum absolute atomic E-state index is 0.0424. The average Bonchev–Trinajstić information content (AvgIpc) is 3.33. The number of nitrogen functional groups attached to an aromatic ring is 1. The summed E-state index contributed by atoms with van der Waals surface area (Å²) in [4.78, 5) is 15.8.